The summed E-state index contributed by atoms with van der Waals surface area (Å²) >= 11 is 1.41. The van der Waals surface area contributed by atoms with E-state index in [4.69, 9.17) is 5.11 Å². The molecule has 2 atom stereocenters. The second kappa shape index (κ2) is 4.46. The molecule has 6 heteroatoms. The number of hydrogen-bond acceptors (Lipinski definition) is 4. The largest absolute Gasteiger partial charge is 0.480 e. The molecule has 0 spiro atoms. The molecule has 92 valence electrons. The minimum absolute atomic E-state index is 0.0884. The molecule has 0 saturated carbocycles. The number of carbonyl (C=O) groups is 2. The SMILES string of the molecule is Cc1cscc1C(=O)N1C[C@H](O)C[C@H]1C(=O)O. The Balaban J connectivity index is 2.25. The van der Waals surface area contributed by atoms with Gasteiger partial charge in [0.2, 0.25) is 0 Å². The first kappa shape index (κ1) is 12.1. The van der Waals surface area contributed by atoms with Crippen molar-refractivity contribution in [1.82, 2.24) is 4.90 Å². The lowest BCUT2D eigenvalue weighted by molar-refractivity contribution is -0.141. The van der Waals surface area contributed by atoms with Crippen molar-refractivity contribution in [2.45, 2.75) is 25.5 Å². The van der Waals surface area contributed by atoms with E-state index in [2.05, 4.69) is 0 Å². The van der Waals surface area contributed by atoms with Gasteiger partial charge >= 0.3 is 5.97 Å². The highest BCUT2D eigenvalue weighted by atomic mass is 32.1. The number of aliphatic hydroxyl groups excluding tert-OH is 1. The Labute approximate surface area is 102 Å². The molecule has 0 aliphatic carbocycles. The van der Waals surface area contributed by atoms with Gasteiger partial charge in [-0.05, 0) is 17.9 Å². The van der Waals surface area contributed by atoms with E-state index in [1.54, 1.807) is 5.38 Å². The first-order valence-corrected chi connectivity index (χ1v) is 6.19. The van der Waals surface area contributed by atoms with Crippen molar-refractivity contribution >= 4 is 23.2 Å². The third-order valence-corrected chi connectivity index (χ3v) is 3.77. The van der Waals surface area contributed by atoms with Gasteiger partial charge in [-0.3, -0.25) is 4.79 Å². The molecule has 0 radical (unpaired) electrons. The number of aliphatic hydroxyl groups is 1. The molecule has 1 saturated heterocycles. The fourth-order valence-electron chi connectivity index (χ4n) is 2.01. The standard InChI is InChI=1S/C11H13NO4S/c1-6-4-17-5-8(6)10(14)12-3-7(13)2-9(12)11(15)16/h4-5,7,9,13H,2-3H2,1H3,(H,15,16)/t7-,9+/m1/s1. The molecule has 0 aromatic carbocycles. The van der Waals surface area contributed by atoms with Crippen molar-refractivity contribution in [1.29, 1.82) is 0 Å². The van der Waals surface area contributed by atoms with E-state index >= 15 is 0 Å². The molecule has 1 fully saturated rings. The highest BCUT2D eigenvalue weighted by Gasteiger charge is 2.39. The Bertz CT molecular complexity index is 456. The second-order valence-corrected chi connectivity index (χ2v) is 4.91. The summed E-state index contributed by atoms with van der Waals surface area (Å²) in [7, 11) is 0. The van der Waals surface area contributed by atoms with E-state index in [-0.39, 0.29) is 18.9 Å². The summed E-state index contributed by atoms with van der Waals surface area (Å²) in [4.78, 5) is 24.4. The first-order valence-electron chi connectivity index (χ1n) is 5.25. The summed E-state index contributed by atoms with van der Waals surface area (Å²) in [5.74, 6) is -1.38. The van der Waals surface area contributed by atoms with Crippen molar-refractivity contribution < 1.29 is 19.8 Å². The fourth-order valence-corrected chi connectivity index (χ4v) is 2.83. The van der Waals surface area contributed by atoms with Gasteiger partial charge in [-0.1, -0.05) is 0 Å². The number of carboxylic acids is 1. The molecule has 2 rings (SSSR count). The van der Waals surface area contributed by atoms with E-state index in [1.807, 2.05) is 12.3 Å². The lowest BCUT2D eigenvalue weighted by atomic mass is 10.1. The molecule has 0 bridgehead atoms. The molecule has 2 heterocycles. The van der Waals surface area contributed by atoms with Gasteiger partial charge < -0.3 is 15.1 Å². The summed E-state index contributed by atoms with van der Waals surface area (Å²) in [5.41, 5.74) is 1.36. The molecule has 2 N–H and O–H groups in total. The van der Waals surface area contributed by atoms with Crippen LogP contribution in [0.15, 0.2) is 10.8 Å². The van der Waals surface area contributed by atoms with Crippen molar-refractivity contribution in [3.63, 3.8) is 0 Å². The van der Waals surface area contributed by atoms with E-state index in [9.17, 15) is 14.7 Å². The van der Waals surface area contributed by atoms with Crippen LogP contribution in [0.3, 0.4) is 0 Å². The third-order valence-electron chi connectivity index (χ3n) is 2.91. The van der Waals surface area contributed by atoms with Crippen LogP contribution in [-0.2, 0) is 4.79 Å². The van der Waals surface area contributed by atoms with Crippen LogP contribution < -0.4 is 0 Å². The Morgan fingerprint density at radius 2 is 2.18 bits per heavy atom. The number of thiophene rings is 1. The van der Waals surface area contributed by atoms with Crippen molar-refractivity contribution in [2.24, 2.45) is 0 Å². The number of aliphatic carboxylic acids is 1. The molecule has 1 aromatic heterocycles. The second-order valence-electron chi connectivity index (χ2n) is 4.17. The molecule has 5 nitrogen and oxygen atoms in total. The van der Waals surface area contributed by atoms with Crippen LogP contribution in [-0.4, -0.2) is 45.7 Å². The highest BCUT2D eigenvalue weighted by molar-refractivity contribution is 7.08. The summed E-state index contributed by atoms with van der Waals surface area (Å²) in [6.07, 6.45) is -0.649. The maximum Gasteiger partial charge on any atom is 0.326 e. The average Bonchev–Trinajstić information content (AvgIpc) is 2.83. The van der Waals surface area contributed by atoms with Crippen LogP contribution >= 0.6 is 11.3 Å². The van der Waals surface area contributed by atoms with Crippen LogP contribution in [0.5, 0.6) is 0 Å². The number of β-amino-alcohol motifs (C(OH)–C–C–N with tert-alkyl or cyclic N) is 1. The number of hydrogen-bond donors (Lipinski definition) is 2. The number of carbonyl (C=O) groups excluding carboxylic acids is 1. The number of rotatable bonds is 2. The van der Waals surface area contributed by atoms with Gasteiger partial charge in [0.1, 0.15) is 6.04 Å². The molecule has 1 aliphatic heterocycles. The smallest absolute Gasteiger partial charge is 0.326 e. The van der Waals surface area contributed by atoms with Gasteiger partial charge in [-0.25, -0.2) is 4.79 Å². The Morgan fingerprint density at radius 1 is 1.47 bits per heavy atom. The molecular formula is C11H13NO4S. The van der Waals surface area contributed by atoms with E-state index < -0.39 is 18.1 Å². The molecule has 1 amide bonds. The van der Waals surface area contributed by atoms with E-state index in [0.717, 1.165) is 5.56 Å². The topological polar surface area (TPSA) is 77.8 Å². The van der Waals surface area contributed by atoms with Crippen molar-refractivity contribution in [3.05, 3.63) is 21.9 Å². The summed E-state index contributed by atoms with van der Waals surface area (Å²) in [6.45, 7) is 1.90. The summed E-state index contributed by atoms with van der Waals surface area (Å²) < 4.78 is 0. The van der Waals surface area contributed by atoms with Crippen LogP contribution in [0, 0.1) is 6.92 Å². The number of aryl methyl sites for hydroxylation is 1. The van der Waals surface area contributed by atoms with E-state index in [0.29, 0.717) is 5.56 Å². The van der Waals surface area contributed by atoms with Crippen molar-refractivity contribution in [2.75, 3.05) is 6.54 Å². The lowest BCUT2D eigenvalue weighted by Gasteiger charge is -2.20. The summed E-state index contributed by atoms with van der Waals surface area (Å²) in [5, 5.41) is 22.0. The number of amides is 1. The van der Waals surface area contributed by atoms with Gasteiger partial charge in [0.25, 0.3) is 5.91 Å². The van der Waals surface area contributed by atoms with Crippen LogP contribution in [0.25, 0.3) is 0 Å². The predicted molar refractivity (Wildman–Crippen MR) is 62.1 cm³/mol. The zero-order chi connectivity index (χ0) is 12.6. The molecule has 1 aliphatic rings. The number of carboxylic acid groups (broad SMARTS) is 1. The average molecular weight is 255 g/mol. The quantitative estimate of drug-likeness (QED) is 0.816. The first-order chi connectivity index (χ1) is 8.00. The monoisotopic (exact) mass is 255 g/mol. The Morgan fingerprint density at radius 3 is 2.71 bits per heavy atom. The Hall–Kier alpha value is -1.40. The normalized spacial score (nSPS) is 24.0. The molecule has 0 unspecified atom stereocenters. The minimum Gasteiger partial charge on any atom is -0.480 e. The van der Waals surface area contributed by atoms with Gasteiger partial charge in [0.15, 0.2) is 0 Å². The van der Waals surface area contributed by atoms with Gasteiger partial charge in [-0.2, -0.15) is 11.3 Å². The maximum atomic E-state index is 12.1. The number of nitrogens with zero attached hydrogens (tertiary/aromatic N) is 1. The van der Waals surface area contributed by atoms with E-state index in [1.165, 1.54) is 16.2 Å². The minimum atomic E-state index is -1.07. The van der Waals surface area contributed by atoms with Crippen molar-refractivity contribution in [3.8, 4) is 0 Å². The maximum absolute atomic E-state index is 12.1. The third kappa shape index (κ3) is 2.18. The molecule has 1 aromatic rings. The summed E-state index contributed by atoms with van der Waals surface area (Å²) in [6, 6.07) is -0.920. The number of likely N-dealkylation sites (tertiary alicyclic amines) is 1. The zero-order valence-corrected chi connectivity index (χ0v) is 10.1. The van der Waals surface area contributed by atoms with Crippen LogP contribution in [0.1, 0.15) is 22.3 Å². The Kier molecular flexibility index (Phi) is 3.17. The van der Waals surface area contributed by atoms with Crippen LogP contribution in [0.4, 0.5) is 0 Å². The van der Waals surface area contributed by atoms with Gasteiger partial charge in [0, 0.05) is 18.3 Å². The predicted octanol–water partition coefficient (Wildman–Crippen LogP) is 0.717. The highest BCUT2D eigenvalue weighted by Crippen LogP contribution is 2.23. The molecule has 17 heavy (non-hydrogen) atoms. The lowest BCUT2D eigenvalue weighted by Crippen LogP contribution is -2.40. The van der Waals surface area contributed by atoms with Gasteiger partial charge in [-0.15, -0.1) is 0 Å². The zero-order valence-electron chi connectivity index (χ0n) is 9.29. The fraction of sp³-hybridized carbons (Fsp3) is 0.455. The van der Waals surface area contributed by atoms with Crippen LogP contribution in [0.2, 0.25) is 0 Å². The van der Waals surface area contributed by atoms with Gasteiger partial charge in [0.05, 0.1) is 11.7 Å². The molecular weight excluding hydrogens is 242 g/mol.